The van der Waals surface area contributed by atoms with Gasteiger partial charge in [-0.05, 0) is 47.9 Å². The zero-order chi connectivity index (χ0) is 12.4. The van der Waals surface area contributed by atoms with E-state index >= 15 is 0 Å². The molecule has 0 spiro atoms. The van der Waals surface area contributed by atoms with E-state index in [9.17, 15) is 5.11 Å². The van der Waals surface area contributed by atoms with Gasteiger partial charge >= 0.3 is 0 Å². The maximum Gasteiger partial charge on any atom is 0.122 e. The van der Waals surface area contributed by atoms with E-state index in [1.807, 2.05) is 6.92 Å². The van der Waals surface area contributed by atoms with Crippen molar-refractivity contribution < 1.29 is 9.84 Å². The van der Waals surface area contributed by atoms with Crippen molar-refractivity contribution in [3.05, 3.63) is 28.8 Å². The van der Waals surface area contributed by atoms with Gasteiger partial charge in [-0.3, -0.25) is 0 Å². The van der Waals surface area contributed by atoms with E-state index in [-0.39, 0.29) is 12.5 Å². The van der Waals surface area contributed by atoms with Crippen molar-refractivity contribution >= 4 is 0 Å². The average molecular weight is 234 g/mol. The van der Waals surface area contributed by atoms with Gasteiger partial charge < -0.3 is 9.84 Å². The highest BCUT2D eigenvalue weighted by atomic mass is 16.5. The summed E-state index contributed by atoms with van der Waals surface area (Å²) in [7, 11) is 1.71. The molecule has 0 bridgehead atoms. The highest BCUT2D eigenvalue weighted by Crippen LogP contribution is 2.37. The topological polar surface area (TPSA) is 29.5 Å². The maximum atomic E-state index is 9.32. The number of hydrogen-bond acceptors (Lipinski definition) is 2. The second-order valence-electron chi connectivity index (χ2n) is 5.17. The number of hydrogen-bond donors (Lipinski definition) is 1. The fourth-order valence-electron chi connectivity index (χ4n) is 2.75. The van der Waals surface area contributed by atoms with Crippen LogP contribution in [0.15, 0.2) is 12.1 Å². The number of aryl methyl sites for hydroxylation is 1. The number of methoxy groups -OCH3 is 1. The van der Waals surface area contributed by atoms with E-state index in [4.69, 9.17) is 4.74 Å². The van der Waals surface area contributed by atoms with Crippen molar-refractivity contribution in [1.29, 1.82) is 0 Å². The molecule has 0 saturated carbocycles. The Morgan fingerprint density at radius 2 is 2.24 bits per heavy atom. The van der Waals surface area contributed by atoms with Crippen LogP contribution in [-0.4, -0.2) is 18.8 Å². The zero-order valence-electron chi connectivity index (χ0n) is 11.0. The second kappa shape index (κ2) is 5.09. The molecule has 94 valence electrons. The Labute approximate surface area is 104 Å². The maximum absolute atomic E-state index is 9.32. The van der Waals surface area contributed by atoms with Gasteiger partial charge in [0.05, 0.1) is 7.11 Å². The summed E-state index contributed by atoms with van der Waals surface area (Å²) >= 11 is 0. The van der Waals surface area contributed by atoms with E-state index < -0.39 is 0 Å². The molecule has 2 nitrogen and oxygen atoms in total. The molecular formula is C15H22O2. The van der Waals surface area contributed by atoms with E-state index in [1.165, 1.54) is 24.0 Å². The van der Waals surface area contributed by atoms with Gasteiger partial charge in [0.15, 0.2) is 0 Å². The standard InChI is InChI=1S/C15H22O2/c1-10-5-4-6-12-7-15(17-3)14(8-13(10)12)11(2)9-16/h7-8,10-11,16H,4-6,9H2,1-3H3/t10-,11-/m0/s1. The molecule has 0 heterocycles. The molecule has 2 rings (SSSR count). The first-order chi connectivity index (χ1) is 8.17. The fourth-order valence-corrected chi connectivity index (χ4v) is 2.75. The Bertz CT molecular complexity index is 398. The number of benzene rings is 1. The van der Waals surface area contributed by atoms with Crippen molar-refractivity contribution in [2.24, 2.45) is 0 Å². The molecule has 1 aliphatic carbocycles. The molecule has 1 aromatic carbocycles. The predicted octanol–water partition coefficient (Wildman–Crippen LogP) is 3.23. The third-order valence-electron chi connectivity index (χ3n) is 3.91. The Hall–Kier alpha value is -1.02. The molecule has 0 saturated heterocycles. The van der Waals surface area contributed by atoms with Crippen LogP contribution in [0.3, 0.4) is 0 Å². The number of fused-ring (bicyclic) bond motifs is 1. The third-order valence-corrected chi connectivity index (χ3v) is 3.91. The molecule has 0 amide bonds. The highest BCUT2D eigenvalue weighted by molar-refractivity contribution is 5.46. The molecule has 0 unspecified atom stereocenters. The van der Waals surface area contributed by atoms with Crippen LogP contribution in [0.25, 0.3) is 0 Å². The molecule has 0 fully saturated rings. The lowest BCUT2D eigenvalue weighted by Gasteiger charge is -2.25. The van der Waals surface area contributed by atoms with E-state index in [1.54, 1.807) is 7.11 Å². The minimum Gasteiger partial charge on any atom is -0.496 e. The summed E-state index contributed by atoms with van der Waals surface area (Å²) in [5.74, 6) is 1.71. The van der Waals surface area contributed by atoms with Gasteiger partial charge in [0.2, 0.25) is 0 Å². The monoisotopic (exact) mass is 234 g/mol. The molecule has 1 aromatic rings. The molecule has 2 heteroatoms. The second-order valence-corrected chi connectivity index (χ2v) is 5.17. The summed E-state index contributed by atoms with van der Waals surface area (Å²) < 4.78 is 5.46. The van der Waals surface area contributed by atoms with Crippen LogP contribution >= 0.6 is 0 Å². The van der Waals surface area contributed by atoms with Gasteiger partial charge in [0, 0.05) is 12.5 Å². The van der Waals surface area contributed by atoms with Gasteiger partial charge in [0.25, 0.3) is 0 Å². The summed E-state index contributed by atoms with van der Waals surface area (Å²) in [6.45, 7) is 4.50. The van der Waals surface area contributed by atoms with E-state index in [0.717, 1.165) is 17.7 Å². The summed E-state index contributed by atoms with van der Waals surface area (Å²) in [4.78, 5) is 0. The van der Waals surface area contributed by atoms with Crippen molar-refractivity contribution in [3.63, 3.8) is 0 Å². The van der Waals surface area contributed by atoms with E-state index in [0.29, 0.717) is 5.92 Å². The molecule has 1 N–H and O–H groups in total. The van der Waals surface area contributed by atoms with Crippen LogP contribution in [0.5, 0.6) is 5.75 Å². The minimum atomic E-state index is 0.143. The summed E-state index contributed by atoms with van der Waals surface area (Å²) in [6.07, 6.45) is 3.70. The molecular weight excluding hydrogens is 212 g/mol. The van der Waals surface area contributed by atoms with Crippen molar-refractivity contribution in [3.8, 4) is 5.75 Å². The van der Waals surface area contributed by atoms with Gasteiger partial charge in [-0.1, -0.05) is 19.9 Å². The first-order valence-corrected chi connectivity index (χ1v) is 6.49. The SMILES string of the molecule is COc1cc2c(cc1[C@@H](C)CO)[C@@H](C)CCC2. The molecule has 2 atom stereocenters. The molecule has 17 heavy (non-hydrogen) atoms. The molecule has 1 aliphatic rings. The Morgan fingerprint density at radius 1 is 1.47 bits per heavy atom. The van der Waals surface area contributed by atoms with Crippen LogP contribution in [0.2, 0.25) is 0 Å². The van der Waals surface area contributed by atoms with Crippen LogP contribution < -0.4 is 4.74 Å². The predicted molar refractivity (Wildman–Crippen MR) is 69.8 cm³/mol. The van der Waals surface area contributed by atoms with Gasteiger partial charge in [-0.25, -0.2) is 0 Å². The number of rotatable bonds is 3. The van der Waals surface area contributed by atoms with Gasteiger partial charge in [0.1, 0.15) is 5.75 Å². The third kappa shape index (κ3) is 2.32. The smallest absolute Gasteiger partial charge is 0.122 e. The normalized spacial score (nSPS) is 20.8. The van der Waals surface area contributed by atoms with E-state index in [2.05, 4.69) is 19.1 Å². The Balaban J connectivity index is 2.48. The van der Waals surface area contributed by atoms with Crippen LogP contribution in [-0.2, 0) is 6.42 Å². The molecule has 0 aliphatic heterocycles. The van der Waals surface area contributed by atoms with Crippen molar-refractivity contribution in [2.75, 3.05) is 13.7 Å². The lowest BCUT2D eigenvalue weighted by atomic mass is 9.81. The van der Waals surface area contributed by atoms with Crippen molar-refractivity contribution in [2.45, 2.75) is 44.9 Å². The zero-order valence-corrected chi connectivity index (χ0v) is 11.0. The van der Waals surface area contributed by atoms with Crippen LogP contribution in [0.1, 0.15) is 55.2 Å². The lowest BCUT2D eigenvalue weighted by molar-refractivity contribution is 0.269. The largest absolute Gasteiger partial charge is 0.496 e. The first-order valence-electron chi connectivity index (χ1n) is 6.49. The summed E-state index contributed by atoms with van der Waals surface area (Å²) in [5.41, 5.74) is 4.02. The number of aliphatic hydroxyl groups excluding tert-OH is 1. The summed E-state index contributed by atoms with van der Waals surface area (Å²) in [5, 5.41) is 9.32. The quantitative estimate of drug-likeness (QED) is 0.870. The molecule has 0 radical (unpaired) electrons. The first kappa shape index (κ1) is 12.4. The number of ether oxygens (including phenoxy) is 1. The van der Waals surface area contributed by atoms with Gasteiger partial charge in [-0.2, -0.15) is 0 Å². The average Bonchev–Trinajstić information content (AvgIpc) is 2.37. The lowest BCUT2D eigenvalue weighted by Crippen LogP contribution is -2.10. The molecule has 0 aromatic heterocycles. The highest BCUT2D eigenvalue weighted by Gasteiger charge is 2.21. The fraction of sp³-hybridized carbons (Fsp3) is 0.600. The van der Waals surface area contributed by atoms with Crippen LogP contribution in [0.4, 0.5) is 0 Å². The summed E-state index contributed by atoms with van der Waals surface area (Å²) in [6, 6.07) is 4.42. The Kier molecular flexibility index (Phi) is 3.72. The van der Waals surface area contributed by atoms with Gasteiger partial charge in [-0.15, -0.1) is 0 Å². The number of aliphatic hydroxyl groups is 1. The van der Waals surface area contributed by atoms with Crippen LogP contribution in [0, 0.1) is 0 Å². The minimum absolute atomic E-state index is 0.143. The van der Waals surface area contributed by atoms with Crippen molar-refractivity contribution in [1.82, 2.24) is 0 Å². The Morgan fingerprint density at radius 3 is 2.88 bits per heavy atom.